The highest BCUT2D eigenvalue weighted by molar-refractivity contribution is 7.99. The van der Waals surface area contributed by atoms with E-state index in [0.29, 0.717) is 11.8 Å². The number of hydrogen-bond donors (Lipinski definition) is 1. The Bertz CT molecular complexity index is 604. The quantitative estimate of drug-likeness (QED) is 0.538. The smallest absolute Gasteiger partial charge is 0.434 e. The maximum atomic E-state index is 13.2. The molecule has 0 saturated carbocycles. The van der Waals surface area contributed by atoms with Gasteiger partial charge in [-0.25, -0.2) is 18.6 Å². The summed E-state index contributed by atoms with van der Waals surface area (Å²) >= 11 is 0.429. The van der Waals surface area contributed by atoms with Crippen LogP contribution in [0.25, 0.3) is 0 Å². The number of carbonyl (C=O) groups is 1. The number of aromatic carboxylic acids is 1. The standard InChI is InChI=1S/C14H15F6NO2S/c1-6(2)5-7-8(13(22)23)9(12(16)17)21-11(14(18,19)20)10(7)24-4-3-15/h6,12H,3-5H2,1-2H3,(H,22,23). The first-order chi connectivity index (χ1) is 11.0. The van der Waals surface area contributed by atoms with E-state index in [4.69, 9.17) is 0 Å². The normalized spacial score (nSPS) is 12.2. The fourth-order valence-electron chi connectivity index (χ4n) is 2.13. The molecule has 0 aliphatic heterocycles. The van der Waals surface area contributed by atoms with Crippen LogP contribution in [0.2, 0.25) is 0 Å². The first kappa shape index (κ1) is 20.6. The highest BCUT2D eigenvalue weighted by Gasteiger charge is 2.40. The zero-order valence-corrected chi connectivity index (χ0v) is 13.6. The van der Waals surface area contributed by atoms with Crippen LogP contribution in [0.3, 0.4) is 0 Å². The molecule has 1 aromatic heterocycles. The number of hydrogen-bond acceptors (Lipinski definition) is 3. The van der Waals surface area contributed by atoms with Crippen LogP contribution >= 0.6 is 11.8 Å². The summed E-state index contributed by atoms with van der Waals surface area (Å²) in [5.41, 5.74) is -4.34. The average molecular weight is 375 g/mol. The molecule has 0 amide bonds. The van der Waals surface area contributed by atoms with Crippen LogP contribution in [-0.4, -0.2) is 28.5 Å². The number of halogens is 6. The van der Waals surface area contributed by atoms with Gasteiger partial charge in [-0.2, -0.15) is 13.2 Å². The highest BCUT2D eigenvalue weighted by Crippen LogP contribution is 2.41. The molecule has 0 aromatic carbocycles. The van der Waals surface area contributed by atoms with Crippen molar-refractivity contribution >= 4 is 17.7 Å². The molecule has 1 rings (SSSR count). The van der Waals surface area contributed by atoms with Gasteiger partial charge in [0.25, 0.3) is 6.43 Å². The Kier molecular flexibility index (Phi) is 6.94. The van der Waals surface area contributed by atoms with E-state index >= 15 is 0 Å². The Balaban J connectivity index is 3.84. The summed E-state index contributed by atoms with van der Waals surface area (Å²) < 4.78 is 78.2. The van der Waals surface area contributed by atoms with E-state index in [1.54, 1.807) is 13.8 Å². The Morgan fingerprint density at radius 2 is 1.88 bits per heavy atom. The summed E-state index contributed by atoms with van der Waals surface area (Å²) in [6, 6.07) is 0. The van der Waals surface area contributed by atoms with Gasteiger partial charge in [-0.05, 0) is 17.9 Å². The van der Waals surface area contributed by atoms with Crippen molar-refractivity contribution in [2.24, 2.45) is 5.92 Å². The van der Waals surface area contributed by atoms with E-state index in [1.807, 2.05) is 0 Å². The van der Waals surface area contributed by atoms with Crippen molar-refractivity contribution in [3.63, 3.8) is 0 Å². The summed E-state index contributed by atoms with van der Waals surface area (Å²) in [6.45, 7) is 2.25. The van der Waals surface area contributed by atoms with Crippen LogP contribution in [0.5, 0.6) is 0 Å². The molecule has 0 fully saturated rings. The topological polar surface area (TPSA) is 50.2 Å². The lowest BCUT2D eigenvalue weighted by Gasteiger charge is -2.21. The second-order valence-electron chi connectivity index (χ2n) is 5.27. The van der Waals surface area contributed by atoms with E-state index in [9.17, 15) is 36.2 Å². The molecule has 0 saturated heterocycles. The number of carboxylic acids is 1. The molecule has 136 valence electrons. The fourth-order valence-corrected chi connectivity index (χ4v) is 3.06. The first-order valence-corrected chi connectivity index (χ1v) is 7.83. The molecular weight excluding hydrogens is 360 g/mol. The van der Waals surface area contributed by atoms with E-state index in [1.165, 1.54) is 0 Å². The summed E-state index contributed by atoms with van der Waals surface area (Å²) in [4.78, 5) is 13.7. The molecule has 0 radical (unpaired) electrons. The van der Waals surface area contributed by atoms with Gasteiger partial charge in [0.1, 0.15) is 5.69 Å². The molecular formula is C14H15F6NO2S. The molecule has 24 heavy (non-hydrogen) atoms. The average Bonchev–Trinajstić information content (AvgIpc) is 2.42. The molecule has 0 aliphatic rings. The molecule has 10 heteroatoms. The minimum Gasteiger partial charge on any atom is -0.478 e. The van der Waals surface area contributed by atoms with Crippen molar-refractivity contribution in [3.8, 4) is 0 Å². The van der Waals surface area contributed by atoms with E-state index in [-0.39, 0.29) is 23.7 Å². The molecule has 1 heterocycles. The van der Waals surface area contributed by atoms with Crippen LogP contribution in [0.4, 0.5) is 26.3 Å². The Morgan fingerprint density at radius 3 is 2.25 bits per heavy atom. The maximum absolute atomic E-state index is 13.2. The van der Waals surface area contributed by atoms with Gasteiger partial charge in [0, 0.05) is 10.6 Å². The third kappa shape index (κ3) is 4.78. The lowest BCUT2D eigenvalue weighted by molar-refractivity contribution is -0.143. The summed E-state index contributed by atoms with van der Waals surface area (Å²) in [7, 11) is 0. The zero-order chi connectivity index (χ0) is 18.7. The van der Waals surface area contributed by atoms with Gasteiger partial charge in [-0.15, -0.1) is 11.8 Å². The zero-order valence-electron chi connectivity index (χ0n) is 12.8. The number of rotatable bonds is 7. The molecule has 1 aromatic rings. The van der Waals surface area contributed by atoms with Gasteiger partial charge < -0.3 is 5.11 Å². The largest absolute Gasteiger partial charge is 0.478 e. The van der Waals surface area contributed by atoms with Gasteiger partial charge in [-0.3, -0.25) is 4.39 Å². The molecule has 0 atom stereocenters. The second-order valence-corrected chi connectivity index (χ2v) is 6.37. The lowest BCUT2D eigenvalue weighted by Crippen LogP contribution is -2.20. The molecule has 1 N–H and O–H groups in total. The third-order valence-electron chi connectivity index (χ3n) is 2.90. The number of aromatic nitrogens is 1. The van der Waals surface area contributed by atoms with E-state index in [0.717, 1.165) is 0 Å². The lowest BCUT2D eigenvalue weighted by atomic mass is 9.96. The van der Waals surface area contributed by atoms with Crippen molar-refractivity contribution in [3.05, 3.63) is 22.5 Å². The predicted octanol–water partition coefficient (Wildman–Crippen LogP) is 5.00. The Hall–Kier alpha value is -1.45. The monoisotopic (exact) mass is 375 g/mol. The van der Waals surface area contributed by atoms with E-state index < -0.39 is 47.1 Å². The molecule has 0 bridgehead atoms. The van der Waals surface area contributed by atoms with Gasteiger partial charge in [0.2, 0.25) is 0 Å². The van der Waals surface area contributed by atoms with Crippen LogP contribution in [0.15, 0.2) is 4.90 Å². The van der Waals surface area contributed by atoms with Gasteiger partial charge in [0.15, 0.2) is 5.69 Å². The van der Waals surface area contributed by atoms with Crippen LogP contribution in [0.1, 0.15) is 47.6 Å². The minimum atomic E-state index is -5.06. The van der Waals surface area contributed by atoms with Crippen molar-refractivity contribution < 1.29 is 36.2 Å². The number of carboxylic acid groups (broad SMARTS) is 1. The number of thioether (sulfide) groups is 1. The number of alkyl halides is 6. The SMILES string of the molecule is CC(C)Cc1c(SCCF)c(C(F)(F)F)nc(C(F)F)c1C(=O)O. The van der Waals surface area contributed by atoms with Crippen molar-refractivity contribution in [2.75, 3.05) is 12.4 Å². The van der Waals surface area contributed by atoms with Crippen molar-refractivity contribution in [1.29, 1.82) is 0 Å². The van der Waals surface area contributed by atoms with Gasteiger partial charge in [0.05, 0.1) is 12.2 Å². The first-order valence-electron chi connectivity index (χ1n) is 6.84. The predicted molar refractivity (Wildman–Crippen MR) is 76.4 cm³/mol. The maximum Gasteiger partial charge on any atom is 0.434 e. The van der Waals surface area contributed by atoms with Crippen molar-refractivity contribution in [2.45, 2.75) is 37.8 Å². The molecule has 0 aliphatic carbocycles. The molecule has 0 spiro atoms. The highest BCUT2D eigenvalue weighted by atomic mass is 32.2. The van der Waals surface area contributed by atoms with Gasteiger partial charge in [-0.1, -0.05) is 13.8 Å². The van der Waals surface area contributed by atoms with Gasteiger partial charge >= 0.3 is 12.1 Å². The summed E-state index contributed by atoms with van der Waals surface area (Å²) in [5, 5.41) is 9.21. The Morgan fingerprint density at radius 1 is 1.29 bits per heavy atom. The minimum absolute atomic E-state index is 0.179. The Labute approximate surface area is 138 Å². The van der Waals surface area contributed by atoms with E-state index in [2.05, 4.69) is 4.98 Å². The molecule has 0 unspecified atom stereocenters. The van der Waals surface area contributed by atoms with Crippen LogP contribution in [-0.2, 0) is 12.6 Å². The van der Waals surface area contributed by atoms with Crippen LogP contribution < -0.4 is 0 Å². The summed E-state index contributed by atoms with van der Waals surface area (Å²) in [5.74, 6) is -2.46. The second kappa shape index (κ2) is 8.09. The fraction of sp³-hybridized carbons (Fsp3) is 0.571. The summed E-state index contributed by atoms with van der Waals surface area (Å²) in [6.07, 6.45) is -8.73. The number of nitrogens with zero attached hydrogens (tertiary/aromatic N) is 1. The van der Waals surface area contributed by atoms with Crippen molar-refractivity contribution in [1.82, 2.24) is 4.98 Å². The third-order valence-corrected chi connectivity index (χ3v) is 3.99. The number of pyridine rings is 1. The molecule has 3 nitrogen and oxygen atoms in total. The van der Waals surface area contributed by atoms with Crippen LogP contribution in [0, 0.1) is 5.92 Å².